The molecular formula is C23H26N2O2. The molecule has 0 saturated heterocycles. The number of benzene rings is 2. The molecule has 4 nitrogen and oxygen atoms in total. The lowest BCUT2D eigenvalue weighted by Gasteiger charge is -2.26. The molecule has 0 spiro atoms. The molecule has 4 heteroatoms. The Labute approximate surface area is 159 Å². The number of fused-ring (bicyclic) bond motifs is 1. The number of hydrogen-bond donors (Lipinski definition) is 2. The van der Waals surface area contributed by atoms with Gasteiger partial charge in [0.25, 0.3) is 0 Å². The summed E-state index contributed by atoms with van der Waals surface area (Å²) in [5.41, 5.74) is 5.86. The van der Waals surface area contributed by atoms with Crippen LogP contribution in [0.25, 0.3) is 10.9 Å². The van der Waals surface area contributed by atoms with Crippen LogP contribution in [0.15, 0.2) is 42.5 Å². The van der Waals surface area contributed by atoms with Gasteiger partial charge in [-0.1, -0.05) is 48.4 Å². The van der Waals surface area contributed by atoms with Crippen molar-refractivity contribution >= 4 is 16.9 Å². The molecule has 1 aliphatic rings. The highest BCUT2D eigenvalue weighted by molar-refractivity contribution is 5.98. The minimum atomic E-state index is -0.860. The number of para-hydroxylation sites is 1. The van der Waals surface area contributed by atoms with E-state index >= 15 is 0 Å². The number of aromatic carboxylic acids is 1. The first-order chi connectivity index (χ1) is 13.0. The third-order valence-electron chi connectivity index (χ3n) is 5.78. The van der Waals surface area contributed by atoms with Gasteiger partial charge in [-0.2, -0.15) is 0 Å². The Bertz CT molecular complexity index is 999. The van der Waals surface area contributed by atoms with E-state index in [4.69, 9.17) is 0 Å². The van der Waals surface area contributed by atoms with Gasteiger partial charge in [0.2, 0.25) is 0 Å². The number of nitrogens with one attached hydrogen (secondary N) is 1. The van der Waals surface area contributed by atoms with Crippen molar-refractivity contribution in [1.82, 2.24) is 9.88 Å². The fourth-order valence-corrected chi connectivity index (χ4v) is 4.02. The van der Waals surface area contributed by atoms with E-state index in [1.54, 1.807) is 0 Å². The van der Waals surface area contributed by atoms with Crippen molar-refractivity contribution in [3.63, 3.8) is 0 Å². The molecular weight excluding hydrogens is 336 g/mol. The molecule has 0 atom stereocenters. The molecule has 1 saturated carbocycles. The summed E-state index contributed by atoms with van der Waals surface area (Å²) in [7, 11) is 0. The SMILES string of the molecule is Cc1ccc(Cn2c(C(=O)O)c(CNC3CCC3)c3ccccc32)c(C)c1. The predicted molar refractivity (Wildman–Crippen MR) is 108 cm³/mol. The maximum Gasteiger partial charge on any atom is 0.352 e. The van der Waals surface area contributed by atoms with E-state index in [2.05, 4.69) is 37.4 Å². The van der Waals surface area contributed by atoms with Crippen LogP contribution in [0, 0.1) is 13.8 Å². The van der Waals surface area contributed by atoms with Gasteiger partial charge in [-0.05, 0) is 43.9 Å². The zero-order valence-electron chi connectivity index (χ0n) is 16.0. The summed E-state index contributed by atoms with van der Waals surface area (Å²) in [6, 6.07) is 14.9. The quantitative estimate of drug-likeness (QED) is 0.671. The van der Waals surface area contributed by atoms with Crippen LogP contribution in [0.3, 0.4) is 0 Å². The fraction of sp³-hybridized carbons (Fsp3) is 0.348. The van der Waals surface area contributed by atoms with Crippen molar-refractivity contribution in [2.45, 2.75) is 52.2 Å². The Morgan fingerprint density at radius 3 is 2.63 bits per heavy atom. The Hall–Kier alpha value is -2.59. The number of carboxylic acids is 1. The molecule has 27 heavy (non-hydrogen) atoms. The number of hydrogen-bond acceptors (Lipinski definition) is 2. The second-order valence-corrected chi connectivity index (χ2v) is 7.67. The Balaban J connectivity index is 1.80. The first-order valence-corrected chi connectivity index (χ1v) is 9.67. The van der Waals surface area contributed by atoms with Gasteiger partial charge in [-0.25, -0.2) is 4.79 Å². The second kappa shape index (κ2) is 7.20. The first-order valence-electron chi connectivity index (χ1n) is 9.67. The Kier molecular flexibility index (Phi) is 4.75. The Morgan fingerprint density at radius 2 is 1.96 bits per heavy atom. The average molecular weight is 362 g/mol. The van der Waals surface area contributed by atoms with Crippen LogP contribution < -0.4 is 5.32 Å². The zero-order chi connectivity index (χ0) is 19.0. The molecule has 1 aromatic heterocycles. The van der Waals surface area contributed by atoms with Crippen molar-refractivity contribution in [1.29, 1.82) is 0 Å². The summed E-state index contributed by atoms with van der Waals surface area (Å²) in [6.07, 6.45) is 3.63. The predicted octanol–water partition coefficient (Wildman–Crippen LogP) is 4.65. The van der Waals surface area contributed by atoms with Gasteiger partial charge in [0.05, 0.1) is 0 Å². The van der Waals surface area contributed by atoms with Gasteiger partial charge in [-0.3, -0.25) is 0 Å². The number of carbonyl (C=O) groups is 1. The molecule has 0 aliphatic heterocycles. The second-order valence-electron chi connectivity index (χ2n) is 7.67. The lowest BCUT2D eigenvalue weighted by molar-refractivity contribution is 0.0684. The highest BCUT2D eigenvalue weighted by atomic mass is 16.4. The van der Waals surface area contributed by atoms with Gasteiger partial charge in [0.15, 0.2) is 0 Å². The molecule has 0 radical (unpaired) electrons. The summed E-state index contributed by atoms with van der Waals surface area (Å²) in [5, 5.41) is 14.6. The van der Waals surface area contributed by atoms with Crippen LogP contribution in [-0.2, 0) is 13.1 Å². The summed E-state index contributed by atoms with van der Waals surface area (Å²) in [6.45, 7) is 5.34. The normalized spacial score (nSPS) is 14.4. The van der Waals surface area contributed by atoms with Crippen molar-refractivity contribution in [3.05, 3.63) is 70.4 Å². The number of carboxylic acid groups (broad SMARTS) is 1. The molecule has 0 bridgehead atoms. The molecule has 2 aromatic carbocycles. The molecule has 4 rings (SSSR count). The lowest BCUT2D eigenvalue weighted by atomic mass is 9.93. The topological polar surface area (TPSA) is 54.3 Å². The third-order valence-corrected chi connectivity index (χ3v) is 5.78. The maximum absolute atomic E-state index is 12.2. The van der Waals surface area contributed by atoms with Crippen LogP contribution in [0.1, 0.15) is 52.0 Å². The molecule has 1 heterocycles. The third kappa shape index (κ3) is 3.37. The molecule has 0 amide bonds. The van der Waals surface area contributed by atoms with E-state index in [0.29, 0.717) is 24.8 Å². The summed E-state index contributed by atoms with van der Waals surface area (Å²) in [5.74, 6) is -0.860. The molecule has 3 aromatic rings. The fourth-order valence-electron chi connectivity index (χ4n) is 4.02. The van der Waals surface area contributed by atoms with Crippen molar-refractivity contribution < 1.29 is 9.90 Å². The van der Waals surface area contributed by atoms with Crippen LogP contribution in [0.4, 0.5) is 0 Å². The van der Waals surface area contributed by atoms with E-state index in [9.17, 15) is 9.90 Å². The van der Waals surface area contributed by atoms with Gasteiger partial charge in [0.1, 0.15) is 5.69 Å². The number of rotatable bonds is 6. The highest BCUT2D eigenvalue weighted by Crippen LogP contribution is 2.29. The van der Waals surface area contributed by atoms with Crippen molar-refractivity contribution in [2.24, 2.45) is 0 Å². The number of aryl methyl sites for hydroxylation is 2. The van der Waals surface area contributed by atoms with E-state index in [0.717, 1.165) is 22.0 Å². The monoisotopic (exact) mass is 362 g/mol. The minimum absolute atomic E-state index is 0.406. The maximum atomic E-state index is 12.2. The summed E-state index contributed by atoms with van der Waals surface area (Å²) < 4.78 is 1.97. The number of nitrogens with zero attached hydrogens (tertiary/aromatic N) is 1. The standard InChI is InChI=1S/C23H26N2O2/c1-15-10-11-17(16(2)12-15)14-25-21-9-4-3-8-19(21)20(22(25)23(26)27)13-24-18-6-5-7-18/h3-4,8-12,18,24H,5-7,13-14H2,1-2H3,(H,26,27). The minimum Gasteiger partial charge on any atom is -0.477 e. The lowest BCUT2D eigenvalue weighted by Crippen LogP contribution is -2.34. The highest BCUT2D eigenvalue weighted by Gasteiger charge is 2.24. The molecule has 0 unspecified atom stereocenters. The van der Waals surface area contributed by atoms with E-state index in [1.807, 2.05) is 28.8 Å². The van der Waals surface area contributed by atoms with E-state index in [-0.39, 0.29) is 0 Å². The average Bonchev–Trinajstić information content (AvgIpc) is 2.90. The van der Waals surface area contributed by atoms with Crippen LogP contribution in [-0.4, -0.2) is 21.7 Å². The molecule has 2 N–H and O–H groups in total. The van der Waals surface area contributed by atoms with Crippen LogP contribution in [0.5, 0.6) is 0 Å². The Morgan fingerprint density at radius 1 is 1.19 bits per heavy atom. The van der Waals surface area contributed by atoms with E-state index < -0.39 is 5.97 Å². The molecule has 140 valence electrons. The molecule has 1 fully saturated rings. The zero-order valence-corrected chi connectivity index (χ0v) is 16.0. The van der Waals surface area contributed by atoms with E-state index in [1.165, 1.54) is 30.4 Å². The van der Waals surface area contributed by atoms with Gasteiger partial charge in [-0.15, -0.1) is 0 Å². The van der Waals surface area contributed by atoms with Crippen LogP contribution >= 0.6 is 0 Å². The number of aromatic nitrogens is 1. The smallest absolute Gasteiger partial charge is 0.352 e. The largest absolute Gasteiger partial charge is 0.477 e. The summed E-state index contributed by atoms with van der Waals surface area (Å²) in [4.78, 5) is 12.2. The van der Waals surface area contributed by atoms with Crippen molar-refractivity contribution in [3.8, 4) is 0 Å². The van der Waals surface area contributed by atoms with Crippen molar-refractivity contribution in [2.75, 3.05) is 0 Å². The van der Waals surface area contributed by atoms with Crippen LogP contribution in [0.2, 0.25) is 0 Å². The first kappa shape index (κ1) is 17.8. The van der Waals surface area contributed by atoms with Gasteiger partial charge >= 0.3 is 5.97 Å². The van der Waals surface area contributed by atoms with Gasteiger partial charge in [0, 0.05) is 35.6 Å². The van der Waals surface area contributed by atoms with Gasteiger partial charge < -0.3 is 15.0 Å². The summed E-state index contributed by atoms with van der Waals surface area (Å²) >= 11 is 0. The molecule has 1 aliphatic carbocycles.